The molecular formula is C22H32N4O3. The number of fused-ring (bicyclic) bond motifs is 1. The summed E-state index contributed by atoms with van der Waals surface area (Å²) in [5.74, 6) is 0.195. The predicted molar refractivity (Wildman–Crippen MR) is 114 cm³/mol. The van der Waals surface area contributed by atoms with Crippen LogP contribution in [-0.2, 0) is 20.7 Å². The smallest absolute Gasteiger partial charge is 0.243 e. The second kappa shape index (κ2) is 9.89. The Kier molecular flexibility index (Phi) is 7.28. The summed E-state index contributed by atoms with van der Waals surface area (Å²) in [5, 5.41) is 6.83. The van der Waals surface area contributed by atoms with Crippen LogP contribution in [0.15, 0.2) is 30.5 Å². The zero-order valence-corrected chi connectivity index (χ0v) is 17.5. The van der Waals surface area contributed by atoms with E-state index in [4.69, 9.17) is 4.74 Å². The van der Waals surface area contributed by atoms with Gasteiger partial charge in [0.25, 0.3) is 0 Å². The fourth-order valence-electron chi connectivity index (χ4n) is 3.90. The van der Waals surface area contributed by atoms with Gasteiger partial charge in [-0.1, -0.05) is 32.0 Å². The van der Waals surface area contributed by atoms with Gasteiger partial charge in [-0.2, -0.15) is 0 Å². The van der Waals surface area contributed by atoms with Gasteiger partial charge in [0, 0.05) is 56.6 Å². The molecule has 0 aliphatic carbocycles. The summed E-state index contributed by atoms with van der Waals surface area (Å²) in [4.78, 5) is 30.1. The van der Waals surface area contributed by atoms with Crippen molar-refractivity contribution in [3.8, 4) is 0 Å². The molecule has 2 atom stereocenters. The summed E-state index contributed by atoms with van der Waals surface area (Å²) < 4.78 is 5.82. The maximum absolute atomic E-state index is 12.8. The second-order valence-electron chi connectivity index (χ2n) is 8.21. The molecule has 1 fully saturated rings. The number of carbonyl (C=O) groups is 2. The van der Waals surface area contributed by atoms with Crippen LogP contribution in [0.5, 0.6) is 0 Å². The van der Waals surface area contributed by atoms with Crippen molar-refractivity contribution in [2.75, 3.05) is 32.8 Å². The number of aromatic amines is 1. The first kappa shape index (κ1) is 21.3. The number of hydrogen-bond acceptors (Lipinski definition) is 4. The Morgan fingerprint density at radius 3 is 2.86 bits per heavy atom. The molecule has 0 spiro atoms. The van der Waals surface area contributed by atoms with Crippen molar-refractivity contribution in [3.63, 3.8) is 0 Å². The minimum atomic E-state index is -0.623. The first-order valence-corrected chi connectivity index (χ1v) is 10.4. The molecule has 7 nitrogen and oxygen atoms in total. The average Bonchev–Trinajstić information content (AvgIpc) is 3.08. The van der Waals surface area contributed by atoms with Gasteiger partial charge in [-0.3, -0.25) is 14.5 Å². The summed E-state index contributed by atoms with van der Waals surface area (Å²) in [7, 11) is 0. The van der Waals surface area contributed by atoms with Gasteiger partial charge in [0.2, 0.25) is 11.8 Å². The monoisotopic (exact) mass is 400 g/mol. The van der Waals surface area contributed by atoms with Gasteiger partial charge in [-0.15, -0.1) is 0 Å². The lowest BCUT2D eigenvalue weighted by atomic mass is 10.0. The van der Waals surface area contributed by atoms with E-state index in [2.05, 4.69) is 34.4 Å². The molecule has 1 aliphatic rings. The third-order valence-electron chi connectivity index (χ3n) is 5.14. The molecule has 158 valence electrons. The molecule has 2 aromatic rings. The predicted octanol–water partition coefficient (Wildman–Crippen LogP) is 1.69. The quantitative estimate of drug-likeness (QED) is 0.629. The van der Waals surface area contributed by atoms with Crippen molar-refractivity contribution < 1.29 is 14.3 Å². The molecule has 7 heteroatoms. The summed E-state index contributed by atoms with van der Waals surface area (Å²) in [6.45, 7) is 9.73. The molecule has 2 heterocycles. The van der Waals surface area contributed by atoms with E-state index >= 15 is 0 Å². The van der Waals surface area contributed by atoms with Crippen LogP contribution in [0.4, 0.5) is 0 Å². The fraction of sp³-hybridized carbons (Fsp3) is 0.545. The van der Waals surface area contributed by atoms with Crippen molar-refractivity contribution in [3.05, 3.63) is 36.0 Å². The zero-order valence-electron chi connectivity index (χ0n) is 17.5. The van der Waals surface area contributed by atoms with Gasteiger partial charge in [0.1, 0.15) is 6.04 Å². The highest BCUT2D eigenvalue weighted by Gasteiger charge is 2.25. The number of amides is 2. The Balaban J connectivity index is 1.60. The molecule has 1 saturated heterocycles. The van der Waals surface area contributed by atoms with E-state index in [0.29, 0.717) is 25.5 Å². The standard InChI is InChI=1S/C22H32N4O3/c1-15(2)13-26-8-9-29-18(14-26)12-24-22(28)21(25-16(3)27)10-17-11-23-20-7-5-4-6-19(17)20/h4-7,11,15,18,21,23H,8-10,12-14H2,1-3H3,(H,24,28)(H,25,27)/t18-,21-/m0/s1. The van der Waals surface area contributed by atoms with Gasteiger partial charge in [0.05, 0.1) is 12.7 Å². The van der Waals surface area contributed by atoms with Crippen LogP contribution >= 0.6 is 0 Å². The van der Waals surface area contributed by atoms with E-state index in [1.54, 1.807) is 0 Å². The lowest BCUT2D eigenvalue weighted by molar-refractivity contribution is -0.128. The highest BCUT2D eigenvalue weighted by atomic mass is 16.5. The van der Waals surface area contributed by atoms with Gasteiger partial charge in [0.15, 0.2) is 0 Å². The molecule has 2 amide bonds. The van der Waals surface area contributed by atoms with Crippen LogP contribution in [0.2, 0.25) is 0 Å². The maximum atomic E-state index is 12.8. The highest BCUT2D eigenvalue weighted by Crippen LogP contribution is 2.19. The molecule has 3 rings (SSSR count). The Bertz CT molecular complexity index is 832. The topological polar surface area (TPSA) is 86.5 Å². The van der Waals surface area contributed by atoms with Gasteiger partial charge >= 0.3 is 0 Å². The maximum Gasteiger partial charge on any atom is 0.243 e. The lowest BCUT2D eigenvalue weighted by Gasteiger charge is -2.34. The molecule has 1 aliphatic heterocycles. The van der Waals surface area contributed by atoms with E-state index in [0.717, 1.165) is 36.1 Å². The molecule has 0 bridgehead atoms. The van der Waals surface area contributed by atoms with Crippen LogP contribution in [0, 0.1) is 5.92 Å². The molecule has 3 N–H and O–H groups in total. The molecule has 0 saturated carbocycles. The Morgan fingerprint density at radius 2 is 2.10 bits per heavy atom. The number of H-pyrrole nitrogens is 1. The number of para-hydroxylation sites is 1. The molecule has 1 aromatic heterocycles. The van der Waals surface area contributed by atoms with Crippen LogP contribution in [0.3, 0.4) is 0 Å². The Labute approximate surface area is 172 Å². The molecule has 29 heavy (non-hydrogen) atoms. The summed E-state index contributed by atoms with van der Waals surface area (Å²) in [6, 6.07) is 7.32. The van der Waals surface area contributed by atoms with Gasteiger partial charge in [-0.05, 0) is 17.5 Å². The van der Waals surface area contributed by atoms with Crippen LogP contribution in [0.1, 0.15) is 26.3 Å². The van der Waals surface area contributed by atoms with E-state index in [1.165, 1.54) is 6.92 Å². The number of morpholine rings is 1. The second-order valence-corrected chi connectivity index (χ2v) is 8.21. The number of nitrogens with one attached hydrogen (secondary N) is 3. The minimum Gasteiger partial charge on any atom is -0.374 e. The third kappa shape index (κ3) is 6.05. The largest absolute Gasteiger partial charge is 0.374 e. The van der Waals surface area contributed by atoms with Crippen LogP contribution in [-0.4, -0.2) is 66.6 Å². The number of aromatic nitrogens is 1. The number of rotatable bonds is 8. The number of ether oxygens (including phenoxy) is 1. The number of benzene rings is 1. The summed E-state index contributed by atoms with van der Waals surface area (Å²) in [6.07, 6.45) is 2.30. The van der Waals surface area contributed by atoms with Gasteiger partial charge < -0.3 is 20.4 Å². The first-order chi connectivity index (χ1) is 13.9. The van der Waals surface area contributed by atoms with Crippen molar-refractivity contribution >= 4 is 22.7 Å². The van der Waals surface area contributed by atoms with Crippen molar-refractivity contribution in [2.45, 2.75) is 39.3 Å². The number of nitrogens with zero attached hydrogens (tertiary/aromatic N) is 1. The van der Waals surface area contributed by atoms with Crippen LogP contribution < -0.4 is 10.6 Å². The van der Waals surface area contributed by atoms with E-state index in [1.807, 2.05) is 30.5 Å². The fourth-order valence-corrected chi connectivity index (χ4v) is 3.90. The number of hydrogen-bond donors (Lipinski definition) is 3. The number of carbonyl (C=O) groups excluding carboxylic acids is 2. The van der Waals surface area contributed by atoms with Crippen molar-refractivity contribution in [1.29, 1.82) is 0 Å². The normalized spacial score (nSPS) is 18.7. The van der Waals surface area contributed by atoms with Gasteiger partial charge in [-0.25, -0.2) is 0 Å². The van der Waals surface area contributed by atoms with E-state index in [-0.39, 0.29) is 17.9 Å². The lowest BCUT2D eigenvalue weighted by Crippen LogP contribution is -2.52. The summed E-state index contributed by atoms with van der Waals surface area (Å²) >= 11 is 0. The van der Waals surface area contributed by atoms with E-state index in [9.17, 15) is 9.59 Å². The average molecular weight is 401 g/mol. The van der Waals surface area contributed by atoms with Crippen molar-refractivity contribution in [1.82, 2.24) is 20.5 Å². The molecular weight excluding hydrogens is 368 g/mol. The molecule has 0 radical (unpaired) electrons. The Morgan fingerprint density at radius 1 is 1.31 bits per heavy atom. The molecule has 0 unspecified atom stereocenters. The van der Waals surface area contributed by atoms with E-state index < -0.39 is 6.04 Å². The van der Waals surface area contributed by atoms with Crippen molar-refractivity contribution in [2.24, 2.45) is 5.92 Å². The SMILES string of the molecule is CC(=O)N[C@@H](Cc1c[nH]c2ccccc12)C(=O)NC[C@H]1CN(CC(C)C)CCO1. The van der Waals surface area contributed by atoms with Crippen LogP contribution in [0.25, 0.3) is 10.9 Å². The first-order valence-electron chi connectivity index (χ1n) is 10.4. The summed E-state index contributed by atoms with van der Waals surface area (Å²) in [5.41, 5.74) is 2.02. The Hall–Kier alpha value is -2.38. The zero-order chi connectivity index (χ0) is 20.8. The highest BCUT2D eigenvalue weighted by molar-refractivity contribution is 5.89. The third-order valence-corrected chi connectivity index (χ3v) is 5.14. The molecule has 1 aromatic carbocycles. The minimum absolute atomic E-state index is 0.0301.